The fraction of sp³-hybridized carbons (Fsp3) is 0.0930. The van der Waals surface area contributed by atoms with Gasteiger partial charge in [0.1, 0.15) is 34.0 Å². The molecule has 0 aliphatic rings. The number of methoxy groups -OCH3 is 2. The minimum absolute atomic E-state index is 0.00380. The van der Waals surface area contributed by atoms with Gasteiger partial charge in [-0.15, -0.1) is 11.8 Å². The Morgan fingerprint density at radius 1 is 0.736 bits per heavy atom. The van der Waals surface area contributed by atoms with Crippen LogP contribution < -0.4 is 25.4 Å². The largest absolute Gasteiger partial charge is 0.497 e. The van der Waals surface area contributed by atoms with Gasteiger partial charge in [-0.25, -0.2) is 0 Å². The summed E-state index contributed by atoms with van der Waals surface area (Å²) in [5.41, 5.74) is 4.19. The first-order valence-corrected chi connectivity index (χ1v) is 17.6. The number of thioether (sulfide) groups is 1. The van der Waals surface area contributed by atoms with Gasteiger partial charge in [-0.05, 0) is 73.2 Å². The van der Waals surface area contributed by atoms with E-state index < -0.39 is 17.1 Å². The number of benzene rings is 5. The van der Waals surface area contributed by atoms with Crippen molar-refractivity contribution in [2.45, 2.75) is 17.1 Å². The smallest absolute Gasteiger partial charge is 0.272 e. The molecule has 3 N–H and O–H groups in total. The van der Waals surface area contributed by atoms with E-state index in [9.17, 15) is 14.4 Å². The Labute approximate surface area is 312 Å². The predicted molar refractivity (Wildman–Crippen MR) is 209 cm³/mol. The minimum atomic E-state index is -0.617. The Kier molecular flexibility index (Phi) is 11.7. The minimum Gasteiger partial charge on any atom is -0.497 e. The summed E-state index contributed by atoms with van der Waals surface area (Å²) in [5, 5.41) is 8.00. The second-order valence-corrected chi connectivity index (χ2v) is 13.1. The summed E-state index contributed by atoms with van der Waals surface area (Å²) >= 11 is 1.36. The van der Waals surface area contributed by atoms with Crippen molar-refractivity contribution in [2.75, 3.05) is 24.9 Å². The number of furan rings is 1. The van der Waals surface area contributed by atoms with Crippen LogP contribution in [0.1, 0.15) is 32.5 Å². The molecule has 0 aliphatic heterocycles. The summed E-state index contributed by atoms with van der Waals surface area (Å²) in [6, 6.07) is 41.9. The van der Waals surface area contributed by atoms with Crippen molar-refractivity contribution < 1.29 is 28.3 Å². The van der Waals surface area contributed by atoms with Crippen LogP contribution in [0.25, 0.3) is 17.4 Å². The molecule has 9 nitrogen and oxygen atoms in total. The number of carbonyl (C=O) groups is 3. The van der Waals surface area contributed by atoms with E-state index in [1.165, 1.54) is 24.9 Å². The van der Waals surface area contributed by atoms with E-state index in [1.807, 2.05) is 85.8 Å². The third-order valence-corrected chi connectivity index (χ3v) is 9.42. The van der Waals surface area contributed by atoms with Gasteiger partial charge in [-0.2, -0.15) is 0 Å². The van der Waals surface area contributed by atoms with Crippen LogP contribution in [-0.2, 0) is 9.59 Å². The van der Waals surface area contributed by atoms with Gasteiger partial charge in [-0.1, -0.05) is 78.4 Å². The number of hydrogen-bond donors (Lipinski definition) is 3. The maximum atomic E-state index is 13.8. The highest BCUT2D eigenvalue weighted by atomic mass is 32.2. The lowest BCUT2D eigenvalue weighted by Gasteiger charge is -2.19. The highest BCUT2D eigenvalue weighted by Crippen LogP contribution is 2.38. The summed E-state index contributed by atoms with van der Waals surface area (Å²) in [7, 11) is 3.10. The molecule has 1 atom stereocenters. The normalized spacial score (nSPS) is 11.6. The van der Waals surface area contributed by atoms with Gasteiger partial charge in [0.25, 0.3) is 11.8 Å². The van der Waals surface area contributed by atoms with Gasteiger partial charge in [0.05, 0.1) is 19.9 Å². The molecule has 0 radical (unpaired) electrons. The van der Waals surface area contributed by atoms with Crippen molar-refractivity contribution in [1.29, 1.82) is 0 Å². The number of aryl methyl sites for hydroxylation is 1. The van der Waals surface area contributed by atoms with Crippen LogP contribution in [0.5, 0.6) is 11.5 Å². The van der Waals surface area contributed by atoms with Gasteiger partial charge >= 0.3 is 0 Å². The standard InChI is InChI=1S/C43H37N3O6S/c1-28-14-16-29(17-15-28)38-24-21-34(52-38)27-37(46-41(47)31-12-8-5-9-13-31)42(48)44-32-18-22-35(23-19-32)53-40(30-10-6-4-7-11-30)43(49)45-36-26-33(50-2)20-25-39(36)51-3/h4-27,40H,1-3H3,(H,44,48)(H,45,49)(H,46,47)/b37-27-/t40-/m0/s1. The molecule has 0 fully saturated rings. The molecular formula is C43H37N3O6S. The van der Waals surface area contributed by atoms with Gasteiger partial charge in [0.15, 0.2) is 0 Å². The first kappa shape index (κ1) is 36.3. The Bertz CT molecular complexity index is 2220. The summed E-state index contributed by atoms with van der Waals surface area (Å²) in [6.45, 7) is 2.01. The van der Waals surface area contributed by atoms with E-state index in [1.54, 1.807) is 67.8 Å². The molecule has 0 saturated carbocycles. The SMILES string of the molecule is COc1ccc(OC)c(NC(=O)[C@@H](Sc2ccc(NC(=O)/C(=C/c3ccc(-c4ccc(C)cc4)o3)NC(=O)c3ccccc3)cc2)c2ccccc2)c1. The lowest BCUT2D eigenvalue weighted by molar-refractivity contribution is -0.116. The van der Waals surface area contributed by atoms with E-state index in [0.29, 0.717) is 40.0 Å². The van der Waals surface area contributed by atoms with E-state index in [4.69, 9.17) is 13.9 Å². The zero-order chi connectivity index (χ0) is 37.2. The maximum Gasteiger partial charge on any atom is 0.272 e. The third-order valence-electron chi connectivity index (χ3n) is 8.15. The second kappa shape index (κ2) is 17.1. The monoisotopic (exact) mass is 723 g/mol. The molecule has 3 amide bonds. The zero-order valence-electron chi connectivity index (χ0n) is 29.3. The van der Waals surface area contributed by atoms with Gasteiger partial charge in [-0.3, -0.25) is 14.4 Å². The summed E-state index contributed by atoms with van der Waals surface area (Å²) in [5.74, 6) is 0.862. The molecule has 0 unspecified atom stereocenters. The lowest BCUT2D eigenvalue weighted by atomic mass is 10.1. The van der Waals surface area contributed by atoms with E-state index >= 15 is 0 Å². The van der Waals surface area contributed by atoms with Gasteiger partial charge < -0.3 is 29.8 Å². The predicted octanol–water partition coefficient (Wildman–Crippen LogP) is 9.15. The van der Waals surface area contributed by atoms with E-state index in [-0.39, 0.29) is 11.6 Å². The van der Waals surface area contributed by atoms with Crippen molar-refractivity contribution in [1.82, 2.24) is 5.32 Å². The van der Waals surface area contributed by atoms with Crippen LogP contribution >= 0.6 is 11.8 Å². The molecule has 0 spiro atoms. The van der Waals surface area contributed by atoms with Crippen LogP contribution in [0, 0.1) is 6.92 Å². The first-order chi connectivity index (χ1) is 25.8. The molecule has 0 saturated heterocycles. The number of amides is 3. The average Bonchev–Trinajstić information content (AvgIpc) is 3.66. The fourth-order valence-corrected chi connectivity index (χ4v) is 6.37. The van der Waals surface area contributed by atoms with Gasteiger partial charge in [0, 0.05) is 33.9 Å². The summed E-state index contributed by atoms with van der Waals surface area (Å²) in [4.78, 5) is 41.4. The number of rotatable bonds is 13. The number of nitrogens with one attached hydrogen (secondary N) is 3. The molecule has 0 aliphatic carbocycles. The number of anilines is 2. The molecule has 10 heteroatoms. The highest BCUT2D eigenvalue weighted by molar-refractivity contribution is 8.00. The maximum absolute atomic E-state index is 13.8. The van der Waals surface area contributed by atoms with Crippen LogP contribution in [0.2, 0.25) is 0 Å². The molecule has 0 bridgehead atoms. The number of ether oxygens (including phenoxy) is 2. The summed E-state index contributed by atoms with van der Waals surface area (Å²) < 4.78 is 16.9. The fourth-order valence-electron chi connectivity index (χ4n) is 5.35. The molecule has 6 rings (SSSR count). The molecule has 5 aromatic carbocycles. The number of carbonyl (C=O) groups excluding carboxylic acids is 3. The van der Waals surface area contributed by atoms with Crippen molar-refractivity contribution in [3.63, 3.8) is 0 Å². The zero-order valence-corrected chi connectivity index (χ0v) is 30.1. The lowest BCUT2D eigenvalue weighted by Crippen LogP contribution is -2.30. The average molecular weight is 724 g/mol. The number of hydrogen-bond acceptors (Lipinski definition) is 7. The topological polar surface area (TPSA) is 119 Å². The van der Waals surface area contributed by atoms with E-state index in [2.05, 4.69) is 16.0 Å². The second-order valence-electron chi connectivity index (χ2n) is 11.9. The molecular weight excluding hydrogens is 687 g/mol. The van der Waals surface area contributed by atoms with Crippen molar-refractivity contribution >= 4 is 46.9 Å². The first-order valence-electron chi connectivity index (χ1n) is 16.7. The van der Waals surface area contributed by atoms with Crippen LogP contribution in [0.15, 0.2) is 155 Å². The molecule has 53 heavy (non-hydrogen) atoms. The Morgan fingerprint density at radius 2 is 1.43 bits per heavy atom. The van der Waals surface area contributed by atoms with E-state index in [0.717, 1.165) is 21.6 Å². The Morgan fingerprint density at radius 3 is 2.11 bits per heavy atom. The Hall–Kier alpha value is -6.52. The van der Waals surface area contributed by atoms with Crippen LogP contribution in [0.3, 0.4) is 0 Å². The summed E-state index contributed by atoms with van der Waals surface area (Å²) in [6.07, 6.45) is 1.50. The molecule has 1 heterocycles. The molecule has 6 aromatic rings. The quantitative estimate of drug-likeness (QED) is 0.0803. The highest BCUT2D eigenvalue weighted by Gasteiger charge is 2.24. The van der Waals surface area contributed by atoms with Crippen molar-refractivity contribution in [3.8, 4) is 22.8 Å². The van der Waals surface area contributed by atoms with Crippen molar-refractivity contribution in [2.24, 2.45) is 0 Å². The van der Waals surface area contributed by atoms with Crippen LogP contribution in [-0.4, -0.2) is 31.9 Å². The van der Waals surface area contributed by atoms with Crippen molar-refractivity contribution in [3.05, 3.63) is 168 Å². The molecule has 266 valence electrons. The molecule has 1 aromatic heterocycles. The Balaban J connectivity index is 1.21. The third kappa shape index (κ3) is 9.43. The van der Waals surface area contributed by atoms with Crippen LogP contribution in [0.4, 0.5) is 11.4 Å². The van der Waals surface area contributed by atoms with Gasteiger partial charge in [0.2, 0.25) is 5.91 Å².